The lowest BCUT2D eigenvalue weighted by Crippen LogP contribution is -3.10. The van der Waals surface area contributed by atoms with E-state index in [1.54, 1.807) is 4.90 Å². The van der Waals surface area contributed by atoms with E-state index in [9.17, 15) is 0 Å². The van der Waals surface area contributed by atoms with Gasteiger partial charge in [0, 0.05) is 17.9 Å². The number of benzene rings is 2. The number of quaternary nitrogens is 1. The van der Waals surface area contributed by atoms with Crippen LogP contribution in [0.15, 0.2) is 48.5 Å². The Labute approximate surface area is 183 Å². The van der Waals surface area contributed by atoms with Crippen LogP contribution in [-0.4, -0.2) is 31.2 Å². The number of hydrogen-bond donors (Lipinski definition) is 1. The Hall–Kier alpha value is -1.59. The molecule has 7 heteroatoms. The van der Waals surface area contributed by atoms with Gasteiger partial charge in [0.15, 0.2) is 5.52 Å². The second-order valence-electron chi connectivity index (χ2n) is 7.11. The minimum Gasteiger partial charge on any atom is -1.00 e. The molecule has 0 spiro atoms. The highest BCUT2D eigenvalue weighted by Crippen LogP contribution is 2.22. The number of rotatable bonds is 4. The molecule has 4 rings (SSSR count). The van der Waals surface area contributed by atoms with Gasteiger partial charge in [-0.15, -0.1) is 0 Å². The summed E-state index contributed by atoms with van der Waals surface area (Å²) in [6.45, 7) is 2.32. The maximum Gasteiger partial charge on any atom is 0.304 e. The highest BCUT2D eigenvalue weighted by molar-refractivity contribution is 6.30. The second-order valence-corrected chi connectivity index (χ2v) is 7.54. The predicted molar refractivity (Wildman–Crippen MR) is 103 cm³/mol. The third-order valence-electron chi connectivity index (χ3n) is 5.02. The van der Waals surface area contributed by atoms with Crippen molar-refractivity contribution in [2.45, 2.75) is 25.4 Å². The number of nitrogens with zero attached hydrogens (tertiary/aromatic N) is 1. The summed E-state index contributed by atoms with van der Waals surface area (Å²) in [6, 6.07) is 16.1. The summed E-state index contributed by atoms with van der Waals surface area (Å²) in [5.41, 5.74) is 2.13. The van der Waals surface area contributed by atoms with Crippen molar-refractivity contribution in [1.82, 2.24) is 4.98 Å². The van der Waals surface area contributed by atoms with E-state index < -0.39 is 0 Å². The fourth-order valence-corrected chi connectivity index (χ4v) is 3.60. The van der Waals surface area contributed by atoms with Crippen LogP contribution in [0.5, 0.6) is 5.88 Å². The van der Waals surface area contributed by atoms with E-state index in [2.05, 4.69) is 18.1 Å². The van der Waals surface area contributed by atoms with Crippen LogP contribution in [0.3, 0.4) is 0 Å². The van der Waals surface area contributed by atoms with Gasteiger partial charge >= 0.3 is 5.82 Å². The van der Waals surface area contributed by atoms with Crippen LogP contribution < -0.4 is 39.4 Å². The largest absolute Gasteiger partial charge is 1.00 e. The maximum atomic E-state index is 6.38. The zero-order valence-corrected chi connectivity index (χ0v) is 18.0. The first kappa shape index (κ1) is 22.7. The van der Waals surface area contributed by atoms with E-state index in [-0.39, 0.29) is 30.9 Å². The summed E-state index contributed by atoms with van der Waals surface area (Å²) >= 11 is 5.99. The minimum atomic E-state index is 0. The van der Waals surface area contributed by atoms with Gasteiger partial charge in [0.05, 0.1) is 26.6 Å². The SMILES string of the molecule is C[NH+]1CCC(Oc2[nH+]c(Cc3ccc(Cl)cc3)nc3ccccc23)CC1.[Cl-].[Cl-]. The molecule has 150 valence electrons. The van der Waals surface area contributed by atoms with Crippen molar-refractivity contribution < 1.29 is 39.4 Å². The Balaban J connectivity index is 0.00000140. The first-order valence-corrected chi connectivity index (χ1v) is 9.58. The first-order chi connectivity index (χ1) is 12.7. The molecule has 2 N–H and O–H groups in total. The number of H-pyrrole nitrogens is 1. The summed E-state index contributed by atoms with van der Waals surface area (Å²) in [4.78, 5) is 9.80. The molecule has 2 heterocycles. The van der Waals surface area contributed by atoms with E-state index in [1.165, 1.54) is 5.56 Å². The van der Waals surface area contributed by atoms with Crippen LogP contribution in [0.4, 0.5) is 0 Å². The fraction of sp³-hybridized carbons (Fsp3) is 0.333. The van der Waals surface area contributed by atoms with Crippen molar-refractivity contribution >= 4 is 22.5 Å². The number of nitrogens with one attached hydrogen (secondary N) is 2. The predicted octanol–water partition coefficient (Wildman–Crippen LogP) is -3.64. The standard InChI is InChI=1S/C21H22ClN3O.2ClH/c1-25-12-10-17(11-13-25)26-21-18-4-2-3-5-19(18)23-20(24-21)14-15-6-8-16(22)9-7-15;;/h2-9,17H,10-14H2,1H3;2*1H. The summed E-state index contributed by atoms with van der Waals surface area (Å²) in [6.07, 6.45) is 3.16. The zero-order chi connectivity index (χ0) is 17.9. The molecule has 28 heavy (non-hydrogen) atoms. The Morgan fingerprint density at radius 2 is 1.75 bits per heavy atom. The molecule has 1 aromatic heterocycles. The third-order valence-corrected chi connectivity index (χ3v) is 5.27. The molecule has 1 aliphatic heterocycles. The van der Waals surface area contributed by atoms with Crippen LogP contribution >= 0.6 is 11.6 Å². The van der Waals surface area contributed by atoms with E-state index in [0.717, 1.165) is 60.0 Å². The molecule has 3 aromatic rings. The Bertz CT molecular complexity index is 897. The van der Waals surface area contributed by atoms with Gasteiger partial charge in [-0.05, 0) is 34.8 Å². The van der Waals surface area contributed by atoms with Crippen molar-refractivity contribution in [2.75, 3.05) is 20.1 Å². The summed E-state index contributed by atoms with van der Waals surface area (Å²) in [7, 11) is 2.24. The highest BCUT2D eigenvalue weighted by Gasteiger charge is 2.24. The Kier molecular flexibility index (Phi) is 8.32. The molecular weight excluding hydrogens is 417 g/mol. The van der Waals surface area contributed by atoms with Crippen LogP contribution in [0, 0.1) is 0 Å². The molecule has 0 aliphatic carbocycles. The monoisotopic (exact) mass is 439 g/mol. The van der Waals surface area contributed by atoms with Gasteiger partial charge in [-0.3, -0.25) is 0 Å². The lowest BCUT2D eigenvalue weighted by molar-refractivity contribution is -0.885. The van der Waals surface area contributed by atoms with Crippen LogP contribution in [0.2, 0.25) is 5.02 Å². The number of halogens is 3. The van der Waals surface area contributed by atoms with Crippen LogP contribution in [-0.2, 0) is 6.42 Å². The van der Waals surface area contributed by atoms with Gasteiger partial charge in [-0.2, -0.15) is 0 Å². The van der Waals surface area contributed by atoms with E-state index in [4.69, 9.17) is 21.3 Å². The van der Waals surface area contributed by atoms with Crippen molar-refractivity contribution in [1.29, 1.82) is 0 Å². The first-order valence-electron chi connectivity index (χ1n) is 9.21. The zero-order valence-electron chi connectivity index (χ0n) is 15.7. The van der Waals surface area contributed by atoms with Crippen molar-refractivity contribution in [2.24, 2.45) is 0 Å². The molecular formula is C21H24Cl3N3O. The van der Waals surface area contributed by atoms with Crippen molar-refractivity contribution in [3.05, 3.63) is 64.9 Å². The number of aromatic nitrogens is 2. The van der Waals surface area contributed by atoms with Gasteiger partial charge in [0.2, 0.25) is 0 Å². The quantitative estimate of drug-likeness (QED) is 0.455. The van der Waals surface area contributed by atoms with Gasteiger partial charge < -0.3 is 34.5 Å². The van der Waals surface area contributed by atoms with Gasteiger partial charge in [0.25, 0.3) is 5.88 Å². The topological polar surface area (TPSA) is 40.7 Å². The number of hydrogen-bond acceptors (Lipinski definition) is 2. The van der Waals surface area contributed by atoms with E-state index in [0.29, 0.717) is 0 Å². The van der Waals surface area contributed by atoms with Gasteiger partial charge in [-0.1, -0.05) is 35.9 Å². The van der Waals surface area contributed by atoms with E-state index in [1.807, 2.05) is 42.5 Å². The number of para-hydroxylation sites is 1. The lowest BCUT2D eigenvalue weighted by Gasteiger charge is -2.26. The molecule has 0 bridgehead atoms. The summed E-state index contributed by atoms with van der Waals surface area (Å²) in [5.74, 6) is 1.74. The number of fused-ring (bicyclic) bond motifs is 1. The number of aromatic amines is 1. The average Bonchev–Trinajstić information content (AvgIpc) is 2.65. The van der Waals surface area contributed by atoms with Crippen LogP contribution in [0.1, 0.15) is 24.2 Å². The number of piperidine rings is 1. The third kappa shape index (κ3) is 5.48. The summed E-state index contributed by atoms with van der Waals surface area (Å²) in [5, 5.41) is 1.79. The molecule has 1 fully saturated rings. The van der Waals surface area contributed by atoms with E-state index >= 15 is 0 Å². The molecule has 0 radical (unpaired) electrons. The molecule has 2 aromatic carbocycles. The molecule has 0 atom stereocenters. The molecule has 4 nitrogen and oxygen atoms in total. The van der Waals surface area contributed by atoms with Crippen molar-refractivity contribution in [3.63, 3.8) is 0 Å². The number of ether oxygens (including phenoxy) is 1. The normalized spacial score (nSPS) is 18.8. The Morgan fingerprint density at radius 1 is 1.07 bits per heavy atom. The number of likely N-dealkylation sites (tertiary alicyclic amines) is 1. The van der Waals surface area contributed by atoms with Crippen LogP contribution in [0.25, 0.3) is 10.9 Å². The maximum absolute atomic E-state index is 6.38. The smallest absolute Gasteiger partial charge is 0.304 e. The molecule has 0 amide bonds. The molecule has 1 saturated heterocycles. The molecule has 0 unspecified atom stereocenters. The second kappa shape index (κ2) is 10.3. The fourth-order valence-electron chi connectivity index (χ4n) is 3.48. The molecule has 1 aliphatic rings. The highest BCUT2D eigenvalue weighted by atomic mass is 35.5. The van der Waals surface area contributed by atoms with Gasteiger partial charge in [-0.25, -0.2) is 4.98 Å². The lowest BCUT2D eigenvalue weighted by atomic mass is 10.1. The summed E-state index contributed by atoms with van der Waals surface area (Å²) < 4.78 is 6.38. The van der Waals surface area contributed by atoms with Crippen molar-refractivity contribution in [3.8, 4) is 5.88 Å². The molecule has 0 saturated carbocycles. The minimum absolute atomic E-state index is 0. The average molecular weight is 441 g/mol. The van der Waals surface area contributed by atoms with Gasteiger partial charge in [0.1, 0.15) is 11.5 Å². The Morgan fingerprint density at radius 3 is 2.46 bits per heavy atom.